The maximum absolute atomic E-state index is 3.55. The molecule has 0 aliphatic heterocycles. The van der Waals surface area contributed by atoms with Gasteiger partial charge < -0.3 is 0 Å². The molecule has 0 amide bonds. The summed E-state index contributed by atoms with van der Waals surface area (Å²) < 4.78 is 0. The third kappa shape index (κ3) is 14.0. The summed E-state index contributed by atoms with van der Waals surface area (Å²) >= 11 is 0. The molecule has 0 spiro atoms. The van der Waals surface area contributed by atoms with E-state index in [0.717, 1.165) is 64.6 Å². The van der Waals surface area contributed by atoms with Gasteiger partial charge in [0.2, 0.25) is 0 Å². The van der Waals surface area contributed by atoms with E-state index in [0.29, 0.717) is 0 Å². The molecule has 12 bridgehead atoms. The minimum Gasteiger partial charge on any atom is -0.0616 e. The summed E-state index contributed by atoms with van der Waals surface area (Å²) in [4.78, 5) is 0. The summed E-state index contributed by atoms with van der Waals surface area (Å²) in [6.07, 6.45) is 0. The van der Waals surface area contributed by atoms with Crippen LogP contribution in [0.5, 0.6) is 0 Å². The maximum atomic E-state index is 3.55. The lowest BCUT2D eigenvalue weighted by atomic mass is 9.85. The second kappa shape index (κ2) is 19.7. The van der Waals surface area contributed by atoms with Gasteiger partial charge in [0.05, 0.1) is 0 Å². The Labute approximate surface area is 434 Å². The van der Waals surface area contributed by atoms with Crippen molar-refractivity contribution in [1.29, 1.82) is 0 Å². The summed E-state index contributed by atoms with van der Waals surface area (Å²) in [6, 6.07) is 81.7. The normalized spacial score (nSPS) is 11.9. The van der Waals surface area contributed by atoms with Crippen molar-refractivity contribution in [3.8, 4) is 0 Å². The molecule has 0 unspecified atom stereocenters. The molecule has 0 saturated heterocycles. The average molecular weight is 937 g/mol. The molecule has 0 heterocycles. The van der Waals surface area contributed by atoms with Crippen LogP contribution in [0.4, 0.5) is 0 Å². The molecular formula is C72H72. The predicted octanol–water partition coefficient (Wildman–Crippen LogP) is 19.1. The van der Waals surface area contributed by atoms with E-state index in [1.165, 1.54) is 33.4 Å². The van der Waals surface area contributed by atoms with Crippen LogP contribution >= 0.6 is 0 Å². The van der Waals surface area contributed by atoms with Crippen LogP contribution in [-0.4, -0.2) is 0 Å². The molecular weight excluding hydrogens is 865 g/mol. The first kappa shape index (κ1) is 52.5. The SMILES string of the molecule is CC(C)(C)c1cc2c#cc3cc(C(C)(C)C)cc(c#cc4cc(C(C)(C)C)cc(c#cc5cc(C(C)(C)C)cc(c#cc6cc(C(C)(C)C)cc(c#cc7cc(C(C)(C)C)cc(c#cc(c1)c2)c7)c6)c5)c4)c3. The fraction of sp³-hybridized carbons (Fsp3) is 0.333. The van der Waals surface area contributed by atoms with E-state index in [2.05, 4.69) is 307 Å². The largest absolute Gasteiger partial charge is 0.0616 e. The van der Waals surface area contributed by atoms with Crippen molar-refractivity contribution in [1.82, 2.24) is 0 Å². The number of benzene rings is 6. The number of fused-ring (bicyclic) bond motifs is 12. The van der Waals surface area contributed by atoms with E-state index in [4.69, 9.17) is 0 Å². The Morgan fingerprint density at radius 1 is 0.153 bits per heavy atom. The smallest absolute Gasteiger partial charge is 0.0264 e. The van der Waals surface area contributed by atoms with Gasteiger partial charge in [-0.1, -0.05) is 197 Å². The highest BCUT2D eigenvalue weighted by Crippen LogP contribution is 2.30. The van der Waals surface area contributed by atoms with Crippen molar-refractivity contribution >= 4 is 64.6 Å². The van der Waals surface area contributed by atoms with Gasteiger partial charge in [0.15, 0.2) is 0 Å². The number of rotatable bonds is 0. The van der Waals surface area contributed by atoms with E-state index >= 15 is 0 Å². The topological polar surface area (TPSA) is 0 Å². The minimum absolute atomic E-state index is 0.110. The standard InChI is InChI=1S/C72H72/c1-67(2,3)61-37-49-19-21-51-32-53(41-62(39-51)68(4,5)6)23-25-55-34-57(45-64(43-55)70(10,11)12)27-29-59-36-60(48-66(47-59)72(16,17)18)30-28-58-35-56(44-65(46-58)71(13,14)15)26-24-54-33-52(22-20-50(31-49)38-61)40-63(42-54)69(7,8)9/h31-48H,1-18H3. The molecule has 0 nitrogen and oxygen atoms in total. The zero-order valence-electron chi connectivity index (χ0n) is 46.4. The fourth-order valence-electron chi connectivity index (χ4n) is 8.10. The summed E-state index contributed by atoms with van der Waals surface area (Å²) in [7, 11) is 0. The van der Waals surface area contributed by atoms with E-state index in [9.17, 15) is 0 Å². The van der Waals surface area contributed by atoms with Crippen molar-refractivity contribution in [2.45, 2.75) is 157 Å². The van der Waals surface area contributed by atoms with Crippen LogP contribution in [0.15, 0.2) is 109 Å². The summed E-state index contributed by atoms with van der Waals surface area (Å²) in [5.41, 5.74) is 6.42. The van der Waals surface area contributed by atoms with Gasteiger partial charge in [0.1, 0.15) is 0 Å². The van der Waals surface area contributed by atoms with Gasteiger partial charge in [-0.2, -0.15) is 0 Å². The molecule has 72 heavy (non-hydrogen) atoms. The summed E-state index contributed by atoms with van der Waals surface area (Å²) in [6.45, 7) is 40.3. The molecule has 360 valence electrons. The van der Waals surface area contributed by atoms with Gasteiger partial charge in [-0.05, 0) is 175 Å². The highest BCUT2D eigenvalue weighted by Gasteiger charge is 2.18. The molecule has 7 aromatic carbocycles. The molecule has 0 aliphatic carbocycles. The van der Waals surface area contributed by atoms with Crippen molar-refractivity contribution in [3.63, 3.8) is 0 Å². The summed E-state index contributed by atoms with van der Waals surface area (Å²) in [5.74, 6) is 0. The maximum Gasteiger partial charge on any atom is 0.0264 e. The summed E-state index contributed by atoms with van der Waals surface area (Å²) in [5, 5.41) is 11.1. The Kier molecular flexibility index (Phi) is 14.4. The lowest BCUT2D eigenvalue weighted by molar-refractivity contribution is 0.591. The van der Waals surface area contributed by atoms with Crippen molar-refractivity contribution in [2.24, 2.45) is 0 Å². The van der Waals surface area contributed by atoms with Crippen LogP contribution in [0, 0.1) is 72.8 Å². The molecule has 7 rings (SSSR count). The lowest BCUT2D eigenvalue weighted by Crippen LogP contribution is -2.10. The predicted molar refractivity (Wildman–Crippen MR) is 309 cm³/mol. The Bertz CT molecular complexity index is 2720. The van der Waals surface area contributed by atoms with Crippen LogP contribution in [-0.2, 0) is 32.5 Å². The Morgan fingerprint density at radius 2 is 0.236 bits per heavy atom. The molecule has 7 aromatic rings. The molecule has 0 aliphatic rings. The Balaban J connectivity index is 1.61. The van der Waals surface area contributed by atoms with E-state index < -0.39 is 0 Å². The van der Waals surface area contributed by atoms with Crippen LogP contribution in [0.2, 0.25) is 0 Å². The van der Waals surface area contributed by atoms with E-state index in [-0.39, 0.29) is 32.5 Å². The van der Waals surface area contributed by atoms with Gasteiger partial charge in [-0.15, -0.1) is 0 Å². The first-order valence-electron chi connectivity index (χ1n) is 25.4. The molecule has 0 saturated carbocycles. The third-order valence-corrected chi connectivity index (χ3v) is 12.9. The first-order chi connectivity index (χ1) is 33.3. The molecule has 0 N–H and O–H groups in total. The third-order valence-electron chi connectivity index (χ3n) is 12.9. The van der Waals surface area contributed by atoms with Crippen LogP contribution < -0.4 is 0 Å². The second-order valence-corrected chi connectivity index (χ2v) is 25.8. The average Bonchev–Trinajstić information content (AvgIpc) is 3.28. The van der Waals surface area contributed by atoms with Crippen LogP contribution in [0.25, 0.3) is 64.6 Å². The zero-order valence-corrected chi connectivity index (χ0v) is 46.4. The zero-order chi connectivity index (χ0) is 52.6. The molecule has 0 radical (unpaired) electrons. The van der Waals surface area contributed by atoms with Gasteiger partial charge in [0, 0.05) is 64.6 Å². The van der Waals surface area contributed by atoms with Crippen molar-refractivity contribution in [3.05, 3.63) is 215 Å². The van der Waals surface area contributed by atoms with Gasteiger partial charge in [-0.3, -0.25) is 0 Å². The fourth-order valence-corrected chi connectivity index (χ4v) is 8.10. The minimum atomic E-state index is -0.110. The molecule has 0 heteroatoms. The van der Waals surface area contributed by atoms with E-state index in [1.54, 1.807) is 0 Å². The van der Waals surface area contributed by atoms with Gasteiger partial charge in [-0.25, -0.2) is 0 Å². The Morgan fingerprint density at radius 3 is 0.306 bits per heavy atom. The first-order valence-corrected chi connectivity index (χ1v) is 25.4. The second-order valence-electron chi connectivity index (χ2n) is 25.8. The van der Waals surface area contributed by atoms with Gasteiger partial charge in [0.25, 0.3) is 0 Å². The number of hydrogen-bond acceptors (Lipinski definition) is 0. The number of hydrogen-bond donors (Lipinski definition) is 0. The van der Waals surface area contributed by atoms with Crippen LogP contribution in [0.1, 0.15) is 158 Å². The molecule has 0 fully saturated rings. The molecule has 0 atom stereocenters. The monoisotopic (exact) mass is 937 g/mol. The quantitative estimate of drug-likeness (QED) is 0.142. The highest BCUT2D eigenvalue weighted by atomic mass is 14.2. The Hall–Kier alpha value is -7.32. The van der Waals surface area contributed by atoms with Crippen molar-refractivity contribution < 1.29 is 0 Å². The van der Waals surface area contributed by atoms with Crippen LogP contribution in [0.3, 0.4) is 0 Å². The van der Waals surface area contributed by atoms with Crippen molar-refractivity contribution in [2.75, 3.05) is 0 Å². The van der Waals surface area contributed by atoms with Gasteiger partial charge >= 0.3 is 0 Å². The highest BCUT2D eigenvalue weighted by molar-refractivity contribution is 5.74. The lowest BCUT2D eigenvalue weighted by Gasteiger charge is -2.19. The molecule has 0 aromatic heterocycles. The van der Waals surface area contributed by atoms with E-state index in [1.807, 2.05) is 0 Å².